The zero-order valence-electron chi connectivity index (χ0n) is 9.56. The number of H-pyrrole nitrogens is 1. The van der Waals surface area contributed by atoms with Gasteiger partial charge in [-0.05, 0) is 12.1 Å². The lowest BCUT2D eigenvalue weighted by molar-refractivity contribution is 1.12. The number of rotatable bonds is 0. The predicted molar refractivity (Wildman–Crippen MR) is 71.3 cm³/mol. The lowest BCUT2D eigenvalue weighted by atomic mass is 10.1. The largest absolute Gasteiger partial charge is 0.276 e. The number of hydrogen-bond acceptors (Lipinski definition) is 1. The van der Waals surface area contributed by atoms with Crippen LogP contribution in [0, 0.1) is 11.5 Å². The number of nitrogens with one attached hydrogen (secondary N) is 1. The molecule has 1 aromatic carbocycles. The quantitative estimate of drug-likeness (QED) is 0.562. The highest BCUT2D eigenvalue weighted by molar-refractivity contribution is 6.83. The number of halogens is 1. The fraction of sp³-hybridized carbons (Fsp3) is 0.250. The van der Waals surface area contributed by atoms with Gasteiger partial charge in [-0.1, -0.05) is 37.2 Å². The summed E-state index contributed by atoms with van der Waals surface area (Å²) < 4.78 is 0. The van der Waals surface area contributed by atoms with E-state index in [0.717, 1.165) is 16.5 Å². The van der Waals surface area contributed by atoms with Crippen molar-refractivity contribution in [1.29, 1.82) is 0 Å². The van der Waals surface area contributed by atoms with E-state index in [-0.39, 0.29) is 0 Å². The van der Waals surface area contributed by atoms with Crippen molar-refractivity contribution in [3.8, 4) is 11.5 Å². The molecule has 0 bridgehead atoms. The van der Waals surface area contributed by atoms with Crippen LogP contribution in [-0.2, 0) is 0 Å². The topological polar surface area (TPSA) is 28.7 Å². The lowest BCUT2D eigenvalue weighted by Gasteiger charge is -2.03. The molecule has 0 aliphatic carbocycles. The molecule has 2 rings (SSSR count). The Kier molecular flexibility index (Phi) is 2.79. The van der Waals surface area contributed by atoms with Crippen LogP contribution in [0.15, 0.2) is 18.3 Å². The van der Waals surface area contributed by atoms with Crippen molar-refractivity contribution < 1.29 is 0 Å². The van der Waals surface area contributed by atoms with Gasteiger partial charge in [0.15, 0.2) is 0 Å². The summed E-state index contributed by atoms with van der Waals surface area (Å²) >= 11 is 6.05. The standard InChI is InChI=1S/C12H13ClN2Si/c1-16(2,3)7-6-9-4-5-11(13)12-10(9)8-14-15-12/h4-5,8H,1-3H3,(H,14,15). The number of aromatic amines is 1. The summed E-state index contributed by atoms with van der Waals surface area (Å²) in [6.45, 7) is 6.67. The van der Waals surface area contributed by atoms with E-state index in [1.165, 1.54) is 0 Å². The predicted octanol–water partition coefficient (Wildman–Crippen LogP) is 3.45. The Hall–Kier alpha value is -1.24. The molecule has 0 saturated heterocycles. The number of aromatic nitrogens is 2. The first kappa shape index (κ1) is 11.2. The highest BCUT2D eigenvalue weighted by atomic mass is 35.5. The van der Waals surface area contributed by atoms with Gasteiger partial charge in [-0.3, -0.25) is 5.10 Å². The molecule has 1 N–H and O–H groups in total. The van der Waals surface area contributed by atoms with Crippen LogP contribution >= 0.6 is 11.6 Å². The second-order valence-electron chi connectivity index (χ2n) is 4.75. The molecule has 0 atom stereocenters. The molecule has 0 aliphatic rings. The van der Waals surface area contributed by atoms with Crippen molar-refractivity contribution in [3.05, 3.63) is 28.9 Å². The van der Waals surface area contributed by atoms with Gasteiger partial charge in [0.1, 0.15) is 8.07 Å². The number of benzene rings is 1. The van der Waals surface area contributed by atoms with Crippen LogP contribution in [0.2, 0.25) is 24.7 Å². The van der Waals surface area contributed by atoms with E-state index in [1.54, 1.807) is 6.20 Å². The van der Waals surface area contributed by atoms with E-state index in [4.69, 9.17) is 11.6 Å². The molecule has 82 valence electrons. The molecule has 0 fully saturated rings. The molecule has 0 spiro atoms. The van der Waals surface area contributed by atoms with Crippen LogP contribution in [-0.4, -0.2) is 18.3 Å². The maximum atomic E-state index is 6.05. The summed E-state index contributed by atoms with van der Waals surface area (Å²) in [6, 6.07) is 3.81. The van der Waals surface area contributed by atoms with Crippen molar-refractivity contribution in [2.75, 3.05) is 0 Å². The van der Waals surface area contributed by atoms with Gasteiger partial charge < -0.3 is 0 Å². The summed E-state index contributed by atoms with van der Waals surface area (Å²) in [5, 5.41) is 8.57. The normalized spacial score (nSPS) is 11.2. The summed E-state index contributed by atoms with van der Waals surface area (Å²) in [4.78, 5) is 0. The van der Waals surface area contributed by atoms with E-state index in [1.807, 2.05) is 12.1 Å². The Labute approximate surface area is 101 Å². The molecule has 2 aromatic rings. The van der Waals surface area contributed by atoms with E-state index in [2.05, 4.69) is 41.3 Å². The zero-order valence-corrected chi connectivity index (χ0v) is 11.3. The third-order valence-electron chi connectivity index (χ3n) is 2.14. The fourth-order valence-electron chi connectivity index (χ4n) is 1.37. The average molecular weight is 249 g/mol. The fourth-order valence-corrected chi connectivity index (χ4v) is 2.08. The minimum Gasteiger partial charge on any atom is -0.276 e. The third-order valence-corrected chi connectivity index (χ3v) is 3.33. The highest BCUT2D eigenvalue weighted by Crippen LogP contribution is 2.23. The second kappa shape index (κ2) is 3.97. The summed E-state index contributed by atoms with van der Waals surface area (Å²) in [7, 11) is -1.35. The Morgan fingerprint density at radius 3 is 2.75 bits per heavy atom. The Bertz CT molecular complexity index is 584. The molecule has 0 radical (unpaired) electrons. The SMILES string of the molecule is C[Si](C)(C)C#Cc1ccc(Cl)c2[nH]ncc12. The van der Waals surface area contributed by atoms with Crippen LogP contribution in [0.25, 0.3) is 10.9 Å². The van der Waals surface area contributed by atoms with Gasteiger partial charge in [0.25, 0.3) is 0 Å². The molecule has 0 unspecified atom stereocenters. The van der Waals surface area contributed by atoms with Crippen LogP contribution < -0.4 is 0 Å². The van der Waals surface area contributed by atoms with Gasteiger partial charge >= 0.3 is 0 Å². The van der Waals surface area contributed by atoms with Gasteiger partial charge in [0.2, 0.25) is 0 Å². The van der Waals surface area contributed by atoms with Crippen molar-refractivity contribution in [2.24, 2.45) is 0 Å². The molecule has 1 heterocycles. The van der Waals surface area contributed by atoms with Crippen molar-refractivity contribution in [3.63, 3.8) is 0 Å². The Morgan fingerprint density at radius 1 is 1.31 bits per heavy atom. The van der Waals surface area contributed by atoms with E-state index in [9.17, 15) is 0 Å². The van der Waals surface area contributed by atoms with Crippen molar-refractivity contribution in [1.82, 2.24) is 10.2 Å². The summed E-state index contributed by atoms with van der Waals surface area (Å²) in [5.41, 5.74) is 5.20. The van der Waals surface area contributed by atoms with Crippen LogP contribution in [0.1, 0.15) is 5.56 Å². The lowest BCUT2D eigenvalue weighted by Crippen LogP contribution is -2.16. The zero-order chi connectivity index (χ0) is 11.8. The molecule has 2 nitrogen and oxygen atoms in total. The summed E-state index contributed by atoms with van der Waals surface area (Å²) in [5.74, 6) is 3.23. The van der Waals surface area contributed by atoms with E-state index < -0.39 is 8.07 Å². The smallest absolute Gasteiger partial charge is 0.129 e. The minimum absolute atomic E-state index is 0.686. The molecule has 1 aromatic heterocycles. The molecule has 16 heavy (non-hydrogen) atoms. The van der Waals surface area contributed by atoms with Crippen molar-refractivity contribution >= 4 is 30.6 Å². The van der Waals surface area contributed by atoms with Gasteiger partial charge in [0.05, 0.1) is 16.7 Å². The molecule has 0 saturated carbocycles. The van der Waals surface area contributed by atoms with E-state index in [0.29, 0.717) is 5.02 Å². The average Bonchev–Trinajstić information content (AvgIpc) is 2.65. The van der Waals surface area contributed by atoms with Gasteiger partial charge in [-0.25, -0.2) is 0 Å². The molecule has 4 heteroatoms. The maximum Gasteiger partial charge on any atom is 0.129 e. The number of hydrogen-bond donors (Lipinski definition) is 1. The number of fused-ring (bicyclic) bond motifs is 1. The van der Waals surface area contributed by atoms with Crippen LogP contribution in [0.4, 0.5) is 0 Å². The monoisotopic (exact) mass is 248 g/mol. The van der Waals surface area contributed by atoms with Crippen LogP contribution in [0.3, 0.4) is 0 Å². The second-order valence-corrected chi connectivity index (χ2v) is 9.91. The highest BCUT2D eigenvalue weighted by Gasteiger charge is 2.09. The molecule has 0 amide bonds. The van der Waals surface area contributed by atoms with Crippen LogP contribution in [0.5, 0.6) is 0 Å². The third kappa shape index (κ3) is 2.29. The van der Waals surface area contributed by atoms with Gasteiger partial charge in [0, 0.05) is 10.9 Å². The first-order chi connectivity index (χ1) is 7.47. The molecule has 0 aliphatic heterocycles. The maximum absolute atomic E-state index is 6.05. The first-order valence-corrected chi connectivity index (χ1v) is 9.00. The number of nitrogens with zero attached hydrogens (tertiary/aromatic N) is 1. The Balaban J connectivity index is 2.57. The molecular formula is C12H13ClN2Si. The Morgan fingerprint density at radius 2 is 2.06 bits per heavy atom. The van der Waals surface area contributed by atoms with Gasteiger partial charge in [-0.15, -0.1) is 5.54 Å². The minimum atomic E-state index is -1.35. The van der Waals surface area contributed by atoms with E-state index >= 15 is 0 Å². The van der Waals surface area contributed by atoms with Crippen molar-refractivity contribution in [2.45, 2.75) is 19.6 Å². The van der Waals surface area contributed by atoms with Gasteiger partial charge in [-0.2, -0.15) is 5.10 Å². The summed E-state index contributed by atoms with van der Waals surface area (Å²) in [6.07, 6.45) is 1.77. The first-order valence-electron chi connectivity index (χ1n) is 5.12. The molecular weight excluding hydrogens is 236 g/mol.